The van der Waals surface area contributed by atoms with Gasteiger partial charge >= 0.3 is 6.18 Å². The third kappa shape index (κ3) is 2.86. The van der Waals surface area contributed by atoms with Gasteiger partial charge in [0, 0.05) is 30.1 Å². The molecular weight excluding hydrogens is 383 g/mol. The molecule has 28 heavy (non-hydrogen) atoms. The maximum atomic E-state index is 13.5. The zero-order valence-corrected chi connectivity index (χ0v) is 14.2. The highest BCUT2D eigenvalue weighted by atomic mass is 19.4. The number of rotatable bonds is 2. The topological polar surface area (TPSA) is 62.7 Å². The smallest absolute Gasteiger partial charge is 0.359 e. The fraction of sp³-hybridized carbons (Fsp3) is 0.111. The fourth-order valence-electron chi connectivity index (χ4n) is 3.05. The van der Waals surface area contributed by atoms with Crippen molar-refractivity contribution in [2.75, 3.05) is 5.32 Å². The van der Waals surface area contributed by atoms with Gasteiger partial charge in [-0.3, -0.25) is 9.48 Å². The Hall–Kier alpha value is -3.43. The Kier molecular flexibility index (Phi) is 3.88. The molecule has 0 fully saturated rings. The lowest BCUT2D eigenvalue weighted by Crippen LogP contribution is -2.16. The van der Waals surface area contributed by atoms with Crippen LogP contribution in [-0.2, 0) is 13.2 Å². The Labute approximate surface area is 153 Å². The minimum absolute atomic E-state index is 0.00881. The minimum atomic E-state index is -4.53. The van der Waals surface area contributed by atoms with Crippen molar-refractivity contribution in [1.29, 1.82) is 0 Å². The SMILES string of the molecule is Cn1nc2cc(C(F)(F)F)ccc2c1C(=O)Nc1c[nH]c2cc(F)c(F)cc12. The summed E-state index contributed by atoms with van der Waals surface area (Å²) < 4.78 is 66.6. The van der Waals surface area contributed by atoms with Gasteiger partial charge in [0.05, 0.1) is 22.3 Å². The normalized spacial score (nSPS) is 12.1. The molecule has 0 saturated carbocycles. The molecule has 0 aliphatic heterocycles. The summed E-state index contributed by atoms with van der Waals surface area (Å²) in [5, 5.41) is 6.99. The maximum Gasteiger partial charge on any atom is 0.416 e. The van der Waals surface area contributed by atoms with Crippen molar-refractivity contribution in [2.24, 2.45) is 7.05 Å². The number of carbonyl (C=O) groups is 1. The molecule has 2 heterocycles. The standard InChI is InChI=1S/C18H11F5N4O/c1-27-16(9-3-2-8(18(21,22)23)4-14(9)26-27)17(28)25-15-7-24-13-6-12(20)11(19)5-10(13)15/h2-7,24H,1H3,(H,25,28). The first-order valence-corrected chi connectivity index (χ1v) is 7.96. The second kappa shape index (κ2) is 6.04. The van der Waals surface area contributed by atoms with Crippen molar-refractivity contribution >= 4 is 33.4 Å². The van der Waals surface area contributed by atoms with Crippen LogP contribution in [0.25, 0.3) is 21.8 Å². The van der Waals surface area contributed by atoms with Crippen molar-refractivity contribution in [3.63, 3.8) is 0 Å². The summed E-state index contributed by atoms with van der Waals surface area (Å²) >= 11 is 0. The highest BCUT2D eigenvalue weighted by Gasteiger charge is 2.31. The third-order valence-corrected chi connectivity index (χ3v) is 4.35. The van der Waals surface area contributed by atoms with E-state index in [-0.39, 0.29) is 33.2 Å². The number of H-pyrrole nitrogens is 1. The number of aryl methyl sites for hydroxylation is 1. The van der Waals surface area contributed by atoms with Crippen LogP contribution in [0, 0.1) is 11.6 Å². The molecule has 2 aromatic heterocycles. The van der Waals surface area contributed by atoms with E-state index in [1.54, 1.807) is 0 Å². The molecule has 0 aliphatic rings. The number of fused-ring (bicyclic) bond motifs is 2. The van der Waals surface area contributed by atoms with Gasteiger partial charge in [0.15, 0.2) is 11.6 Å². The van der Waals surface area contributed by atoms with E-state index in [4.69, 9.17) is 0 Å². The van der Waals surface area contributed by atoms with Crippen molar-refractivity contribution in [3.8, 4) is 0 Å². The monoisotopic (exact) mass is 394 g/mol. The lowest BCUT2D eigenvalue weighted by molar-refractivity contribution is -0.137. The minimum Gasteiger partial charge on any atom is -0.359 e. The predicted octanol–water partition coefficient (Wildman–Crippen LogP) is 4.60. The molecule has 2 aromatic carbocycles. The van der Waals surface area contributed by atoms with E-state index in [2.05, 4.69) is 15.4 Å². The van der Waals surface area contributed by atoms with E-state index in [1.165, 1.54) is 19.3 Å². The van der Waals surface area contributed by atoms with Gasteiger partial charge in [-0.2, -0.15) is 18.3 Å². The van der Waals surface area contributed by atoms with Crippen LogP contribution in [0.3, 0.4) is 0 Å². The number of alkyl halides is 3. The summed E-state index contributed by atoms with van der Waals surface area (Å²) in [5.41, 5.74) is -0.367. The van der Waals surface area contributed by atoms with E-state index in [0.29, 0.717) is 0 Å². The Morgan fingerprint density at radius 3 is 2.54 bits per heavy atom. The summed E-state index contributed by atoms with van der Waals surface area (Å²) in [7, 11) is 1.42. The van der Waals surface area contributed by atoms with E-state index in [1.807, 2.05) is 0 Å². The number of halogens is 5. The molecule has 5 nitrogen and oxygen atoms in total. The van der Waals surface area contributed by atoms with Gasteiger partial charge in [-0.05, 0) is 24.3 Å². The van der Waals surface area contributed by atoms with E-state index in [9.17, 15) is 26.7 Å². The Morgan fingerprint density at radius 1 is 1.11 bits per heavy atom. The van der Waals surface area contributed by atoms with E-state index >= 15 is 0 Å². The number of benzene rings is 2. The number of amides is 1. The van der Waals surface area contributed by atoms with Gasteiger partial charge in [-0.25, -0.2) is 8.78 Å². The summed E-state index contributed by atoms with van der Waals surface area (Å²) in [6.45, 7) is 0. The first-order chi connectivity index (χ1) is 13.1. The first kappa shape index (κ1) is 18.0. The molecule has 0 unspecified atom stereocenters. The number of hydrogen-bond donors (Lipinski definition) is 2. The average molecular weight is 394 g/mol. The highest BCUT2D eigenvalue weighted by Crippen LogP contribution is 2.32. The van der Waals surface area contributed by atoms with Gasteiger partial charge in [0.25, 0.3) is 5.91 Å². The fourth-order valence-corrected chi connectivity index (χ4v) is 3.05. The summed E-state index contributed by atoms with van der Waals surface area (Å²) in [6.07, 6.45) is -3.17. The Morgan fingerprint density at radius 2 is 1.82 bits per heavy atom. The Balaban J connectivity index is 1.73. The molecule has 0 atom stereocenters. The van der Waals surface area contributed by atoms with E-state index < -0.39 is 29.3 Å². The molecule has 0 saturated heterocycles. The summed E-state index contributed by atoms with van der Waals surface area (Å²) in [5.74, 6) is -2.77. The number of aromatic amines is 1. The van der Waals surface area contributed by atoms with Crippen molar-refractivity contribution < 1.29 is 26.7 Å². The quantitative estimate of drug-likeness (QED) is 0.488. The van der Waals surface area contributed by atoms with Crippen LogP contribution in [0.4, 0.5) is 27.6 Å². The molecule has 1 amide bonds. The van der Waals surface area contributed by atoms with Crippen LogP contribution in [0.15, 0.2) is 36.5 Å². The summed E-state index contributed by atoms with van der Waals surface area (Å²) in [4.78, 5) is 15.4. The molecule has 0 radical (unpaired) electrons. The molecule has 0 aliphatic carbocycles. The van der Waals surface area contributed by atoms with Gasteiger partial charge in [-0.1, -0.05) is 0 Å². The molecule has 2 N–H and O–H groups in total. The van der Waals surface area contributed by atoms with Crippen molar-refractivity contribution in [3.05, 3.63) is 59.4 Å². The Bertz CT molecular complexity index is 1240. The molecule has 4 rings (SSSR count). The van der Waals surface area contributed by atoms with Crippen molar-refractivity contribution in [2.45, 2.75) is 6.18 Å². The van der Waals surface area contributed by atoms with E-state index in [0.717, 1.165) is 28.9 Å². The predicted molar refractivity (Wildman–Crippen MR) is 91.9 cm³/mol. The second-order valence-electron chi connectivity index (χ2n) is 6.17. The molecule has 0 spiro atoms. The lowest BCUT2D eigenvalue weighted by Gasteiger charge is -2.06. The van der Waals surface area contributed by atoms with Crippen LogP contribution in [-0.4, -0.2) is 20.7 Å². The number of nitrogens with one attached hydrogen (secondary N) is 2. The van der Waals surface area contributed by atoms with Gasteiger partial charge in [-0.15, -0.1) is 0 Å². The average Bonchev–Trinajstić information content (AvgIpc) is 3.14. The number of aromatic nitrogens is 3. The van der Waals surface area contributed by atoms with Gasteiger partial charge < -0.3 is 10.3 Å². The third-order valence-electron chi connectivity index (χ3n) is 4.35. The lowest BCUT2D eigenvalue weighted by atomic mass is 10.1. The van der Waals surface area contributed by atoms with Crippen LogP contribution >= 0.6 is 0 Å². The molecule has 144 valence electrons. The first-order valence-electron chi connectivity index (χ1n) is 7.96. The number of hydrogen-bond acceptors (Lipinski definition) is 2. The second-order valence-corrected chi connectivity index (χ2v) is 6.17. The number of nitrogens with zero attached hydrogens (tertiary/aromatic N) is 2. The van der Waals surface area contributed by atoms with Crippen molar-refractivity contribution in [1.82, 2.24) is 14.8 Å². The largest absolute Gasteiger partial charge is 0.416 e. The number of carbonyl (C=O) groups excluding carboxylic acids is 1. The molecule has 4 aromatic rings. The summed E-state index contributed by atoms with van der Waals surface area (Å²) in [6, 6.07) is 4.79. The molecule has 10 heteroatoms. The van der Waals surface area contributed by atoms with Crippen LogP contribution in [0.5, 0.6) is 0 Å². The van der Waals surface area contributed by atoms with Crippen LogP contribution < -0.4 is 5.32 Å². The van der Waals surface area contributed by atoms with Crippen LogP contribution in [0.1, 0.15) is 16.1 Å². The van der Waals surface area contributed by atoms with Gasteiger partial charge in [0.2, 0.25) is 0 Å². The maximum absolute atomic E-state index is 13.5. The highest BCUT2D eigenvalue weighted by molar-refractivity contribution is 6.14. The molecular formula is C18H11F5N4O. The zero-order chi connectivity index (χ0) is 20.2. The molecule has 0 bridgehead atoms. The zero-order valence-electron chi connectivity index (χ0n) is 14.2. The van der Waals surface area contributed by atoms with Crippen LogP contribution in [0.2, 0.25) is 0 Å². The number of anilines is 1. The van der Waals surface area contributed by atoms with Gasteiger partial charge in [0.1, 0.15) is 5.69 Å².